The Bertz CT molecular complexity index is 462. The molecule has 1 saturated carbocycles. The minimum Gasteiger partial charge on any atom is -0.394 e. The van der Waals surface area contributed by atoms with E-state index in [1.165, 1.54) is 0 Å². The summed E-state index contributed by atoms with van der Waals surface area (Å²) in [5.41, 5.74) is 1.80. The van der Waals surface area contributed by atoms with Gasteiger partial charge in [-0.2, -0.15) is 0 Å². The monoisotopic (exact) mass is 275 g/mol. The highest BCUT2D eigenvalue weighted by Gasteiger charge is 2.34. The number of hydrogen-bond donors (Lipinski definition) is 2. The summed E-state index contributed by atoms with van der Waals surface area (Å²) in [6, 6.07) is 7.95. The lowest BCUT2D eigenvalue weighted by atomic mass is 9.77. The number of rotatable bonds is 4. The molecule has 0 aliphatic heterocycles. The number of aliphatic hydroxyl groups excluding tert-OH is 1. The van der Waals surface area contributed by atoms with Crippen molar-refractivity contribution < 1.29 is 9.90 Å². The Kier molecular flexibility index (Phi) is 4.81. The highest BCUT2D eigenvalue weighted by atomic mass is 16.3. The summed E-state index contributed by atoms with van der Waals surface area (Å²) in [6.07, 6.45) is 4.30. The smallest absolute Gasteiger partial charge is 0.224 e. The summed E-state index contributed by atoms with van der Waals surface area (Å²) in [7, 11) is 0. The maximum Gasteiger partial charge on any atom is 0.224 e. The van der Waals surface area contributed by atoms with Gasteiger partial charge in [-0.3, -0.25) is 4.79 Å². The Hall–Kier alpha value is -1.35. The van der Waals surface area contributed by atoms with Crippen LogP contribution in [0.25, 0.3) is 0 Å². The minimum atomic E-state index is -0.397. The number of benzene rings is 1. The second-order valence-corrected chi connectivity index (χ2v) is 6.27. The molecule has 0 saturated heterocycles. The van der Waals surface area contributed by atoms with Crippen molar-refractivity contribution in [3.8, 4) is 0 Å². The van der Waals surface area contributed by atoms with Crippen LogP contribution in [0.1, 0.15) is 43.7 Å². The first kappa shape index (κ1) is 15.0. The third-order valence-corrected chi connectivity index (χ3v) is 4.55. The SMILES string of the molecule is Cc1ccccc1CC(=O)NC1(CO)CCC(C)CC1. The number of carbonyl (C=O) groups is 1. The van der Waals surface area contributed by atoms with E-state index in [4.69, 9.17) is 0 Å². The Morgan fingerprint density at radius 2 is 2.00 bits per heavy atom. The molecule has 110 valence electrons. The van der Waals surface area contributed by atoms with Gasteiger partial charge in [-0.1, -0.05) is 31.2 Å². The fourth-order valence-corrected chi connectivity index (χ4v) is 2.96. The molecule has 1 amide bonds. The van der Waals surface area contributed by atoms with E-state index >= 15 is 0 Å². The predicted molar refractivity (Wildman–Crippen MR) is 80.5 cm³/mol. The van der Waals surface area contributed by atoms with E-state index in [1.807, 2.05) is 31.2 Å². The van der Waals surface area contributed by atoms with Crippen LogP contribution in [0, 0.1) is 12.8 Å². The summed E-state index contributed by atoms with van der Waals surface area (Å²) in [5, 5.41) is 12.8. The van der Waals surface area contributed by atoms with E-state index in [2.05, 4.69) is 12.2 Å². The normalized spacial score (nSPS) is 26.2. The third kappa shape index (κ3) is 3.60. The summed E-state index contributed by atoms with van der Waals surface area (Å²) in [5.74, 6) is 0.714. The summed E-state index contributed by atoms with van der Waals surface area (Å²) >= 11 is 0. The van der Waals surface area contributed by atoms with Crippen molar-refractivity contribution >= 4 is 5.91 Å². The van der Waals surface area contributed by atoms with Gasteiger partial charge in [-0.25, -0.2) is 0 Å². The van der Waals surface area contributed by atoms with Crippen LogP contribution in [0.2, 0.25) is 0 Å². The lowest BCUT2D eigenvalue weighted by Crippen LogP contribution is -2.53. The standard InChI is InChI=1S/C17H25NO2/c1-13-7-9-17(12-19,10-8-13)18-16(20)11-15-6-4-3-5-14(15)2/h3-6,13,19H,7-12H2,1-2H3,(H,18,20). The minimum absolute atomic E-state index is 0.0166. The van der Waals surface area contributed by atoms with Crippen LogP contribution in [0.15, 0.2) is 24.3 Å². The fraction of sp³-hybridized carbons (Fsp3) is 0.588. The Morgan fingerprint density at radius 1 is 1.35 bits per heavy atom. The lowest BCUT2D eigenvalue weighted by molar-refractivity contribution is -0.123. The molecule has 20 heavy (non-hydrogen) atoms. The van der Waals surface area contributed by atoms with Crippen molar-refractivity contribution in [1.82, 2.24) is 5.32 Å². The molecule has 2 N–H and O–H groups in total. The van der Waals surface area contributed by atoms with Gasteiger partial charge < -0.3 is 10.4 Å². The first-order valence-corrected chi connectivity index (χ1v) is 7.51. The van der Waals surface area contributed by atoms with Crippen molar-refractivity contribution in [2.45, 2.75) is 51.5 Å². The van der Waals surface area contributed by atoms with Crippen molar-refractivity contribution in [1.29, 1.82) is 0 Å². The first-order chi connectivity index (χ1) is 9.54. The van der Waals surface area contributed by atoms with Crippen LogP contribution in [0.3, 0.4) is 0 Å². The van der Waals surface area contributed by atoms with Crippen LogP contribution in [0.5, 0.6) is 0 Å². The second kappa shape index (κ2) is 6.40. The summed E-state index contributed by atoms with van der Waals surface area (Å²) in [4.78, 5) is 12.3. The first-order valence-electron chi connectivity index (χ1n) is 7.51. The maximum atomic E-state index is 12.3. The van der Waals surface area contributed by atoms with E-state index < -0.39 is 5.54 Å². The topological polar surface area (TPSA) is 49.3 Å². The molecule has 1 aliphatic carbocycles. The zero-order chi connectivity index (χ0) is 14.6. The zero-order valence-electron chi connectivity index (χ0n) is 12.5. The molecule has 1 aromatic carbocycles. The highest BCUT2D eigenvalue weighted by molar-refractivity contribution is 5.79. The van der Waals surface area contributed by atoms with Gasteiger partial charge in [0.15, 0.2) is 0 Å². The van der Waals surface area contributed by atoms with Gasteiger partial charge >= 0.3 is 0 Å². The Morgan fingerprint density at radius 3 is 2.60 bits per heavy atom. The number of amides is 1. The van der Waals surface area contributed by atoms with Gasteiger partial charge in [0.2, 0.25) is 5.91 Å². The molecule has 1 fully saturated rings. The van der Waals surface area contributed by atoms with Gasteiger partial charge in [-0.05, 0) is 49.7 Å². The van der Waals surface area contributed by atoms with Crippen molar-refractivity contribution in [2.75, 3.05) is 6.61 Å². The van der Waals surface area contributed by atoms with Crippen LogP contribution in [0.4, 0.5) is 0 Å². The maximum absolute atomic E-state index is 12.3. The van der Waals surface area contributed by atoms with E-state index in [9.17, 15) is 9.90 Å². The van der Waals surface area contributed by atoms with Crippen LogP contribution in [-0.2, 0) is 11.2 Å². The van der Waals surface area contributed by atoms with Gasteiger partial charge in [0.1, 0.15) is 0 Å². The van der Waals surface area contributed by atoms with E-state index in [1.54, 1.807) is 0 Å². The molecule has 1 aliphatic rings. The molecule has 0 bridgehead atoms. The fourth-order valence-electron chi connectivity index (χ4n) is 2.96. The number of aliphatic hydroxyl groups is 1. The quantitative estimate of drug-likeness (QED) is 0.887. The van der Waals surface area contributed by atoms with Gasteiger partial charge in [-0.15, -0.1) is 0 Å². The molecule has 3 nitrogen and oxygen atoms in total. The van der Waals surface area contributed by atoms with Crippen molar-refractivity contribution in [3.63, 3.8) is 0 Å². The average Bonchev–Trinajstić information content (AvgIpc) is 2.44. The van der Waals surface area contributed by atoms with Crippen molar-refractivity contribution in [2.24, 2.45) is 5.92 Å². The molecular weight excluding hydrogens is 250 g/mol. The van der Waals surface area contributed by atoms with Gasteiger partial charge in [0.25, 0.3) is 0 Å². The number of carbonyl (C=O) groups excluding carboxylic acids is 1. The zero-order valence-corrected chi connectivity index (χ0v) is 12.5. The van der Waals surface area contributed by atoms with E-state index in [0.29, 0.717) is 12.3 Å². The number of aryl methyl sites for hydroxylation is 1. The number of hydrogen-bond acceptors (Lipinski definition) is 2. The number of nitrogens with one attached hydrogen (secondary N) is 1. The van der Waals surface area contributed by atoms with Gasteiger partial charge in [0, 0.05) is 0 Å². The van der Waals surface area contributed by atoms with Crippen molar-refractivity contribution in [3.05, 3.63) is 35.4 Å². The molecule has 0 unspecified atom stereocenters. The van der Waals surface area contributed by atoms with Crippen LogP contribution in [-0.4, -0.2) is 23.2 Å². The molecule has 3 heteroatoms. The molecule has 1 aromatic rings. The van der Waals surface area contributed by atoms with Crippen LogP contribution >= 0.6 is 0 Å². The second-order valence-electron chi connectivity index (χ2n) is 6.27. The summed E-state index contributed by atoms with van der Waals surface area (Å²) < 4.78 is 0. The van der Waals surface area contributed by atoms with Crippen LogP contribution < -0.4 is 5.32 Å². The largest absolute Gasteiger partial charge is 0.394 e. The van der Waals surface area contributed by atoms with E-state index in [-0.39, 0.29) is 12.5 Å². The third-order valence-electron chi connectivity index (χ3n) is 4.55. The van der Waals surface area contributed by atoms with Gasteiger partial charge in [0.05, 0.1) is 18.6 Å². The molecule has 0 spiro atoms. The lowest BCUT2D eigenvalue weighted by Gasteiger charge is -2.38. The summed E-state index contributed by atoms with van der Waals surface area (Å²) in [6.45, 7) is 4.29. The Balaban J connectivity index is 1.98. The van der Waals surface area contributed by atoms with E-state index in [0.717, 1.165) is 36.8 Å². The molecule has 0 aromatic heterocycles. The predicted octanol–water partition coefficient (Wildman–Crippen LogP) is 2.59. The molecule has 2 rings (SSSR count). The Labute approximate surface area is 121 Å². The highest BCUT2D eigenvalue weighted by Crippen LogP contribution is 2.31. The molecular formula is C17H25NO2. The molecule has 0 heterocycles. The molecule has 0 atom stereocenters. The molecule has 0 radical (unpaired) electrons. The average molecular weight is 275 g/mol.